The number of hydrogen-bond donors (Lipinski definition) is 0. The molecule has 0 N–H and O–H groups in total. The van der Waals surface area contributed by atoms with Crippen molar-refractivity contribution in [1.82, 2.24) is 18.7 Å². The third-order valence-electron chi connectivity index (χ3n) is 8.73. The van der Waals surface area contributed by atoms with E-state index in [0.29, 0.717) is 5.82 Å². The minimum Gasteiger partial charge on any atom is -0.358 e. The Morgan fingerprint density at radius 3 is 2.12 bits per heavy atom. The summed E-state index contributed by atoms with van der Waals surface area (Å²) in [5.74, 6) is 0.522. The van der Waals surface area contributed by atoms with Crippen LogP contribution in [0.25, 0.3) is 50.0 Å². The first-order chi connectivity index (χ1) is 24.9. The van der Waals surface area contributed by atoms with Crippen molar-refractivity contribution in [2.45, 2.75) is 6.85 Å². The van der Waals surface area contributed by atoms with E-state index in [2.05, 4.69) is 122 Å². The van der Waals surface area contributed by atoms with Crippen LogP contribution in [0.2, 0.25) is 0 Å². The number of anilines is 3. The van der Waals surface area contributed by atoms with Crippen LogP contribution in [-0.2, 0) is 21.1 Å². The van der Waals surface area contributed by atoms with Gasteiger partial charge in [0.05, 0.1) is 0 Å². The van der Waals surface area contributed by atoms with Gasteiger partial charge in [0.2, 0.25) is 0 Å². The Morgan fingerprint density at radius 2 is 1.33 bits per heavy atom. The second kappa shape index (κ2) is 12.7. The van der Waals surface area contributed by atoms with Gasteiger partial charge in [0, 0.05) is 60.4 Å². The molecule has 0 unspecified atom stereocenters. The van der Waals surface area contributed by atoms with Crippen molar-refractivity contribution in [2.24, 2.45) is 0 Å². The van der Waals surface area contributed by atoms with Crippen LogP contribution in [0.15, 0.2) is 164 Å². The van der Waals surface area contributed by atoms with E-state index in [0.717, 1.165) is 61.3 Å². The molecular weight excluding hydrogens is 782 g/mol. The fraction of sp³-hybridized carbons (Fsp3) is 0.0233. The van der Waals surface area contributed by atoms with Gasteiger partial charge in [-0.3, -0.25) is 0 Å². The average Bonchev–Trinajstić information content (AvgIpc) is 3.72. The predicted octanol–water partition coefficient (Wildman–Crippen LogP) is 10.6. The quantitative estimate of drug-likeness (QED) is 0.157. The van der Waals surface area contributed by atoms with Crippen LogP contribution < -0.4 is 4.90 Å². The Morgan fingerprint density at radius 1 is 0.633 bits per heavy atom. The van der Waals surface area contributed by atoms with Gasteiger partial charge >= 0.3 is 0 Å². The largest absolute Gasteiger partial charge is 0.358 e. The molecule has 9 aromatic rings. The van der Waals surface area contributed by atoms with Gasteiger partial charge in [-0.05, 0) is 60.3 Å². The molecule has 0 saturated carbocycles. The number of hydrogen-bond acceptors (Lipinski definition) is 2. The van der Waals surface area contributed by atoms with E-state index in [9.17, 15) is 0 Å². The molecule has 0 fully saturated rings. The SMILES string of the molecule is [2H]C([2H])([2H])c1ccnc(-n2c3[c-]c(N(c4[c-]c(-n5[cH+]n(-c6ccccc6)c6ccccc65)ccc4)c4ccccc4)ccc3c3ccccc32)c1.[Pt]. The molecule has 9 rings (SSSR count). The van der Waals surface area contributed by atoms with Crippen molar-refractivity contribution in [3.05, 3.63) is 182 Å². The van der Waals surface area contributed by atoms with Crippen LogP contribution in [-0.4, -0.2) is 18.7 Å². The standard InChI is InChI=1S/C43H30N5.Pt/c1-31-25-26-44-43(27-31)48-39-20-9-8-19-37(39)38-24-23-36(29-42(38)48)47(33-15-6-3-7-16-33)35-18-12-17-34(28-35)46-30-45(32-13-4-2-5-14-32)40-21-10-11-22-41(40)46;/h2-27,30H,1H3;/q-1;/i1D3;. The van der Waals surface area contributed by atoms with Crippen LogP contribution >= 0.6 is 0 Å². The van der Waals surface area contributed by atoms with Crippen molar-refractivity contribution >= 4 is 49.9 Å². The molecule has 6 heteroatoms. The normalized spacial score (nSPS) is 12.4. The molecule has 0 radical (unpaired) electrons. The van der Waals surface area contributed by atoms with Crippen LogP contribution in [0.1, 0.15) is 9.68 Å². The second-order valence-corrected chi connectivity index (χ2v) is 11.6. The summed E-state index contributed by atoms with van der Waals surface area (Å²) >= 11 is 0. The van der Waals surface area contributed by atoms with Crippen LogP contribution in [0.4, 0.5) is 17.1 Å². The van der Waals surface area contributed by atoms with E-state index < -0.39 is 6.85 Å². The van der Waals surface area contributed by atoms with E-state index in [4.69, 9.17) is 4.11 Å². The average molecular weight is 815 g/mol. The van der Waals surface area contributed by atoms with E-state index in [1.807, 2.05) is 59.2 Å². The monoisotopic (exact) mass is 814 g/mol. The van der Waals surface area contributed by atoms with Gasteiger partial charge in [-0.15, -0.1) is 29.7 Å². The summed E-state index contributed by atoms with van der Waals surface area (Å²) in [6.07, 6.45) is 3.67. The number of fused-ring (bicyclic) bond motifs is 4. The fourth-order valence-corrected chi connectivity index (χ4v) is 6.59. The molecule has 3 heterocycles. The minimum absolute atomic E-state index is 0. The third-order valence-corrected chi connectivity index (χ3v) is 8.73. The van der Waals surface area contributed by atoms with Gasteiger partial charge in [0.1, 0.15) is 11.5 Å². The number of aromatic nitrogens is 4. The van der Waals surface area contributed by atoms with Crippen molar-refractivity contribution in [3.8, 4) is 17.2 Å². The molecule has 0 aliphatic heterocycles. The molecule has 238 valence electrons. The Hall–Kier alpha value is -5.77. The smallest absolute Gasteiger partial charge is 0.168 e. The Bertz CT molecular complexity index is 2700. The van der Waals surface area contributed by atoms with Crippen molar-refractivity contribution in [1.29, 1.82) is 0 Å². The van der Waals surface area contributed by atoms with Crippen molar-refractivity contribution < 1.29 is 25.2 Å². The van der Waals surface area contributed by atoms with Crippen molar-refractivity contribution in [2.75, 3.05) is 4.90 Å². The summed E-state index contributed by atoms with van der Waals surface area (Å²) in [4.78, 5) is 6.80. The summed E-state index contributed by atoms with van der Waals surface area (Å²) in [5, 5.41) is 2.02. The molecule has 3 aromatic heterocycles. The Kier molecular flexibility index (Phi) is 7.04. The molecule has 6 aromatic carbocycles. The van der Waals surface area contributed by atoms with E-state index in [-0.39, 0.29) is 26.6 Å². The van der Waals surface area contributed by atoms with Crippen molar-refractivity contribution in [3.63, 3.8) is 0 Å². The molecule has 0 saturated heterocycles. The molecule has 49 heavy (non-hydrogen) atoms. The summed E-state index contributed by atoms with van der Waals surface area (Å²) in [5.41, 5.74) is 8.64. The van der Waals surface area contributed by atoms with Crippen LogP contribution in [0.3, 0.4) is 0 Å². The number of pyridine rings is 1. The number of para-hydroxylation sites is 5. The molecule has 0 bridgehead atoms. The number of imidazole rings is 1. The number of benzene rings is 6. The summed E-state index contributed by atoms with van der Waals surface area (Å²) in [6.45, 7) is -2.26. The zero-order valence-corrected chi connectivity index (χ0v) is 28.4. The second-order valence-electron chi connectivity index (χ2n) is 11.6. The minimum atomic E-state index is -2.26. The third kappa shape index (κ3) is 5.33. The maximum Gasteiger partial charge on any atom is 0.168 e. The number of rotatable bonds is 6. The van der Waals surface area contributed by atoms with E-state index in [1.165, 1.54) is 0 Å². The molecular formula is C43H30N5Pt-. The van der Waals surface area contributed by atoms with Crippen LogP contribution in [0.5, 0.6) is 0 Å². The maximum atomic E-state index is 8.05. The van der Waals surface area contributed by atoms with Gasteiger partial charge in [-0.1, -0.05) is 89.7 Å². The zero-order valence-electron chi connectivity index (χ0n) is 29.1. The van der Waals surface area contributed by atoms with E-state index in [1.54, 1.807) is 18.3 Å². The zero-order chi connectivity index (χ0) is 34.5. The van der Waals surface area contributed by atoms with Gasteiger partial charge in [-0.25, -0.2) is 9.55 Å². The van der Waals surface area contributed by atoms with Gasteiger partial charge in [0.15, 0.2) is 17.4 Å². The van der Waals surface area contributed by atoms with E-state index >= 15 is 0 Å². The first-order valence-electron chi connectivity index (χ1n) is 17.3. The van der Waals surface area contributed by atoms with Gasteiger partial charge in [0.25, 0.3) is 0 Å². The molecule has 0 atom stereocenters. The predicted molar refractivity (Wildman–Crippen MR) is 196 cm³/mol. The molecule has 0 spiro atoms. The van der Waals surface area contributed by atoms with Gasteiger partial charge in [-0.2, -0.15) is 16.7 Å². The fourth-order valence-electron chi connectivity index (χ4n) is 6.59. The number of aryl methyl sites for hydroxylation is 1. The summed E-state index contributed by atoms with van der Waals surface area (Å²) in [7, 11) is 0. The topological polar surface area (TPSA) is 30.9 Å². The Balaban J connectivity index is 0.00000387. The van der Waals surface area contributed by atoms with Gasteiger partial charge < -0.3 is 9.47 Å². The molecule has 0 amide bonds. The molecule has 0 aliphatic carbocycles. The summed E-state index contributed by atoms with van der Waals surface area (Å²) in [6, 6.07) is 58.0. The summed E-state index contributed by atoms with van der Waals surface area (Å²) < 4.78 is 30.5. The molecule has 5 nitrogen and oxygen atoms in total. The first-order valence-corrected chi connectivity index (χ1v) is 15.8. The Labute approximate surface area is 303 Å². The first kappa shape index (κ1) is 27.2. The van der Waals surface area contributed by atoms with Crippen LogP contribution in [0, 0.1) is 19.0 Å². The maximum absolute atomic E-state index is 8.05. The number of nitrogens with zero attached hydrogens (tertiary/aromatic N) is 5. The molecule has 0 aliphatic rings.